The first-order valence-corrected chi connectivity index (χ1v) is 10.8. The van der Waals surface area contributed by atoms with Gasteiger partial charge in [-0.1, -0.05) is 30.3 Å². The number of hydrogen-bond donors (Lipinski definition) is 1. The fraction of sp³-hybridized carbons (Fsp3) is 0.125. The van der Waals surface area contributed by atoms with Gasteiger partial charge in [0.2, 0.25) is 0 Å². The molecule has 162 valence electrons. The van der Waals surface area contributed by atoms with Gasteiger partial charge in [-0.15, -0.1) is 11.3 Å². The van der Waals surface area contributed by atoms with Crippen molar-refractivity contribution in [2.45, 2.75) is 6.54 Å². The Bertz CT molecular complexity index is 1220. The summed E-state index contributed by atoms with van der Waals surface area (Å²) in [5, 5.41) is 15.6. The van der Waals surface area contributed by atoms with E-state index in [4.69, 9.17) is 14.9 Å². The molecule has 1 amide bonds. The third-order valence-corrected chi connectivity index (χ3v) is 5.64. The number of ether oxygens (including phenoxy) is 1. The molecule has 0 saturated carbocycles. The standard InChI is InChI=1S/C24H21N3O4S/c1-26(24(30)17-7-5-10-20(13-17)31-16-22(28)29)14-18-15-27(19-8-3-2-4-9-19)25-23(18)21-11-6-12-32-21/h2-13,15H,14,16H2,1H3,(H,28,29). The lowest BCUT2D eigenvalue weighted by atomic mass is 10.1. The molecule has 0 atom stereocenters. The Balaban J connectivity index is 1.58. The molecule has 2 aromatic heterocycles. The van der Waals surface area contributed by atoms with E-state index < -0.39 is 12.6 Å². The highest BCUT2D eigenvalue weighted by Crippen LogP contribution is 2.29. The van der Waals surface area contributed by atoms with Crippen LogP contribution in [0, 0.1) is 0 Å². The zero-order chi connectivity index (χ0) is 22.5. The topological polar surface area (TPSA) is 84.7 Å². The molecular formula is C24H21N3O4S. The van der Waals surface area contributed by atoms with Gasteiger partial charge in [0, 0.05) is 30.9 Å². The summed E-state index contributed by atoms with van der Waals surface area (Å²) in [4.78, 5) is 26.4. The summed E-state index contributed by atoms with van der Waals surface area (Å²) < 4.78 is 7.02. The van der Waals surface area contributed by atoms with Crippen molar-refractivity contribution in [2.24, 2.45) is 0 Å². The van der Waals surface area contributed by atoms with Gasteiger partial charge < -0.3 is 14.7 Å². The molecule has 0 radical (unpaired) electrons. The van der Waals surface area contributed by atoms with Gasteiger partial charge in [-0.25, -0.2) is 9.48 Å². The normalized spacial score (nSPS) is 10.7. The van der Waals surface area contributed by atoms with Crippen LogP contribution >= 0.6 is 11.3 Å². The minimum absolute atomic E-state index is 0.199. The van der Waals surface area contributed by atoms with Crippen molar-refractivity contribution < 1.29 is 19.4 Å². The fourth-order valence-corrected chi connectivity index (χ4v) is 4.02. The van der Waals surface area contributed by atoms with E-state index in [2.05, 4.69) is 0 Å². The zero-order valence-electron chi connectivity index (χ0n) is 17.3. The first-order valence-electron chi connectivity index (χ1n) is 9.89. The van der Waals surface area contributed by atoms with E-state index >= 15 is 0 Å². The lowest BCUT2D eigenvalue weighted by Crippen LogP contribution is -2.26. The van der Waals surface area contributed by atoms with Crippen LogP contribution in [0.4, 0.5) is 0 Å². The Morgan fingerprint density at radius 3 is 2.62 bits per heavy atom. The third-order valence-electron chi connectivity index (χ3n) is 4.76. The molecule has 0 saturated heterocycles. The maximum absolute atomic E-state index is 13.0. The first-order chi connectivity index (χ1) is 15.5. The second-order valence-electron chi connectivity index (χ2n) is 7.13. The molecule has 2 aromatic carbocycles. The second-order valence-corrected chi connectivity index (χ2v) is 8.08. The highest BCUT2D eigenvalue weighted by molar-refractivity contribution is 7.13. The van der Waals surface area contributed by atoms with Gasteiger partial charge in [0.05, 0.1) is 10.6 Å². The lowest BCUT2D eigenvalue weighted by molar-refractivity contribution is -0.139. The Hall–Kier alpha value is -3.91. The molecule has 0 aliphatic carbocycles. The molecule has 1 N–H and O–H groups in total. The Morgan fingerprint density at radius 2 is 1.91 bits per heavy atom. The summed E-state index contributed by atoms with van der Waals surface area (Å²) >= 11 is 1.60. The smallest absolute Gasteiger partial charge is 0.341 e. The summed E-state index contributed by atoms with van der Waals surface area (Å²) in [6.07, 6.45) is 1.95. The Kier molecular flexibility index (Phi) is 6.32. The van der Waals surface area contributed by atoms with Crippen molar-refractivity contribution in [3.8, 4) is 22.0 Å². The minimum atomic E-state index is -1.07. The number of thiophene rings is 1. The molecule has 8 heteroatoms. The van der Waals surface area contributed by atoms with Crippen LogP contribution < -0.4 is 4.74 Å². The van der Waals surface area contributed by atoms with Crippen molar-refractivity contribution in [2.75, 3.05) is 13.7 Å². The van der Waals surface area contributed by atoms with Crippen LogP contribution in [-0.4, -0.2) is 45.3 Å². The third kappa shape index (κ3) is 4.87. The number of hydrogen-bond acceptors (Lipinski definition) is 5. The summed E-state index contributed by atoms with van der Waals surface area (Å²) in [5.74, 6) is -0.937. The number of amides is 1. The van der Waals surface area contributed by atoms with E-state index in [1.807, 2.05) is 58.7 Å². The number of benzene rings is 2. The van der Waals surface area contributed by atoms with Gasteiger partial charge in [-0.2, -0.15) is 5.10 Å². The molecule has 32 heavy (non-hydrogen) atoms. The van der Waals surface area contributed by atoms with E-state index in [0.29, 0.717) is 17.9 Å². The predicted molar refractivity (Wildman–Crippen MR) is 122 cm³/mol. The number of nitrogens with zero attached hydrogens (tertiary/aromatic N) is 3. The quantitative estimate of drug-likeness (QED) is 0.434. The maximum atomic E-state index is 13.0. The molecule has 0 aliphatic heterocycles. The van der Waals surface area contributed by atoms with Gasteiger partial charge in [-0.05, 0) is 41.8 Å². The number of para-hydroxylation sites is 1. The van der Waals surface area contributed by atoms with Crippen LogP contribution in [0.5, 0.6) is 5.75 Å². The summed E-state index contributed by atoms with van der Waals surface area (Å²) in [7, 11) is 1.73. The number of rotatable bonds is 8. The van der Waals surface area contributed by atoms with Gasteiger partial charge in [-0.3, -0.25) is 4.79 Å². The van der Waals surface area contributed by atoms with E-state index in [-0.39, 0.29) is 5.91 Å². The number of carbonyl (C=O) groups is 2. The van der Waals surface area contributed by atoms with E-state index in [1.165, 1.54) is 0 Å². The number of carbonyl (C=O) groups excluding carboxylic acids is 1. The SMILES string of the molecule is CN(Cc1cn(-c2ccccc2)nc1-c1cccs1)C(=O)c1cccc(OCC(=O)O)c1. The molecule has 0 bridgehead atoms. The number of aromatic nitrogens is 2. The van der Waals surface area contributed by atoms with Crippen molar-refractivity contribution in [1.82, 2.24) is 14.7 Å². The highest BCUT2D eigenvalue weighted by Gasteiger charge is 2.19. The minimum Gasteiger partial charge on any atom is -0.482 e. The molecule has 0 spiro atoms. The second kappa shape index (κ2) is 9.49. The van der Waals surface area contributed by atoms with Gasteiger partial charge >= 0.3 is 5.97 Å². The molecule has 4 aromatic rings. The van der Waals surface area contributed by atoms with Crippen molar-refractivity contribution >= 4 is 23.2 Å². The van der Waals surface area contributed by atoms with Crippen LogP contribution in [0.2, 0.25) is 0 Å². The van der Waals surface area contributed by atoms with Gasteiger partial charge in [0.1, 0.15) is 11.4 Å². The summed E-state index contributed by atoms with van der Waals surface area (Å²) in [6, 6.07) is 20.3. The number of carboxylic acids is 1. The number of carboxylic acid groups (broad SMARTS) is 1. The molecule has 2 heterocycles. The largest absolute Gasteiger partial charge is 0.482 e. The van der Waals surface area contributed by atoms with Gasteiger partial charge in [0.15, 0.2) is 6.61 Å². The first kappa shape index (κ1) is 21.3. The molecule has 0 unspecified atom stereocenters. The van der Waals surface area contributed by atoms with Crippen LogP contribution in [0.1, 0.15) is 15.9 Å². The average molecular weight is 448 g/mol. The van der Waals surface area contributed by atoms with Crippen molar-refractivity contribution in [1.29, 1.82) is 0 Å². The summed E-state index contributed by atoms with van der Waals surface area (Å²) in [5.41, 5.74) is 3.12. The predicted octanol–water partition coefficient (Wildman–Crippen LogP) is 4.34. The highest BCUT2D eigenvalue weighted by atomic mass is 32.1. The molecule has 4 rings (SSSR count). The molecule has 0 fully saturated rings. The monoisotopic (exact) mass is 447 g/mol. The Morgan fingerprint density at radius 1 is 1.09 bits per heavy atom. The maximum Gasteiger partial charge on any atom is 0.341 e. The lowest BCUT2D eigenvalue weighted by Gasteiger charge is -2.17. The van der Waals surface area contributed by atoms with Crippen molar-refractivity contribution in [3.63, 3.8) is 0 Å². The Labute approximate surface area is 189 Å². The average Bonchev–Trinajstić information content (AvgIpc) is 3.48. The van der Waals surface area contributed by atoms with E-state index in [0.717, 1.165) is 21.8 Å². The molecular weight excluding hydrogens is 426 g/mol. The molecule has 7 nitrogen and oxygen atoms in total. The summed E-state index contributed by atoms with van der Waals surface area (Å²) in [6.45, 7) is -0.102. The van der Waals surface area contributed by atoms with Crippen LogP contribution in [0.25, 0.3) is 16.3 Å². The molecule has 0 aliphatic rings. The van der Waals surface area contributed by atoms with Crippen LogP contribution in [-0.2, 0) is 11.3 Å². The number of aliphatic carboxylic acids is 1. The van der Waals surface area contributed by atoms with Gasteiger partial charge in [0.25, 0.3) is 5.91 Å². The zero-order valence-corrected chi connectivity index (χ0v) is 18.2. The van der Waals surface area contributed by atoms with Crippen LogP contribution in [0.3, 0.4) is 0 Å². The fourth-order valence-electron chi connectivity index (χ4n) is 3.27. The van der Waals surface area contributed by atoms with E-state index in [9.17, 15) is 9.59 Å². The van der Waals surface area contributed by atoms with E-state index in [1.54, 1.807) is 47.5 Å². The van der Waals surface area contributed by atoms with Crippen molar-refractivity contribution in [3.05, 3.63) is 89.4 Å². The van der Waals surface area contributed by atoms with Crippen LogP contribution in [0.15, 0.2) is 78.3 Å².